The zero-order valence-electron chi connectivity index (χ0n) is 26.3. The van der Waals surface area contributed by atoms with Gasteiger partial charge in [0.15, 0.2) is 0 Å². The number of rotatable bonds is 8. The summed E-state index contributed by atoms with van der Waals surface area (Å²) in [6.07, 6.45) is 39.7. The maximum Gasteiger partial charge on any atom is 2.00 e. The molecule has 0 aromatic carbocycles. The molecule has 220 valence electrons. The summed E-state index contributed by atoms with van der Waals surface area (Å²) in [6.45, 7) is 17.8. The van der Waals surface area contributed by atoms with Gasteiger partial charge in [-0.1, -0.05) is 105 Å². The predicted octanol–water partition coefficient (Wildman–Crippen LogP) is 4.89. The van der Waals surface area contributed by atoms with Crippen molar-refractivity contribution in [1.29, 1.82) is 0 Å². The van der Waals surface area contributed by atoms with E-state index in [1.54, 1.807) is 0 Å². The average molecular weight is 738 g/mol. The van der Waals surface area contributed by atoms with Gasteiger partial charge in [0.1, 0.15) is 0 Å². The second-order valence-corrected chi connectivity index (χ2v) is 10.2. The molecule has 4 aliphatic carbocycles. The summed E-state index contributed by atoms with van der Waals surface area (Å²) in [7, 11) is 0. The fourth-order valence-corrected chi connectivity index (χ4v) is 3.92. The van der Waals surface area contributed by atoms with E-state index in [1.165, 1.54) is 48.0 Å². The molecule has 4 atom stereocenters. The van der Waals surface area contributed by atoms with Crippen molar-refractivity contribution < 1.29 is 77.2 Å². The third-order valence-corrected chi connectivity index (χ3v) is 7.46. The molecule has 0 spiro atoms. The summed E-state index contributed by atoms with van der Waals surface area (Å²) in [5, 5.41) is 0. The molecule has 0 radical (unpaired) electrons. The van der Waals surface area contributed by atoms with Crippen molar-refractivity contribution in [1.82, 2.24) is 0 Å². The summed E-state index contributed by atoms with van der Waals surface area (Å²) in [5.74, 6) is 2.85. The van der Waals surface area contributed by atoms with E-state index >= 15 is 0 Å². The van der Waals surface area contributed by atoms with Gasteiger partial charge >= 0.3 is 52.4 Å². The molecule has 4 heteroatoms. The van der Waals surface area contributed by atoms with Gasteiger partial charge in [0.05, 0.1) is 0 Å². The molecule has 0 amide bonds. The minimum absolute atomic E-state index is 0. The molecule has 0 N–H and O–H groups in total. The maximum atomic E-state index is 3.31. The first kappa shape index (κ1) is 47.2. The average Bonchev–Trinajstić information content (AvgIpc) is 3.75. The minimum atomic E-state index is 0. The van der Waals surface area contributed by atoms with Crippen LogP contribution in [0.1, 0.15) is 107 Å². The van der Waals surface area contributed by atoms with E-state index in [1.807, 2.05) is 0 Å². The van der Waals surface area contributed by atoms with E-state index in [0.29, 0.717) is 23.7 Å². The van der Waals surface area contributed by atoms with Crippen LogP contribution in [0.5, 0.6) is 0 Å². The van der Waals surface area contributed by atoms with Gasteiger partial charge in [-0.3, -0.25) is 24.3 Å². The Morgan fingerprint density at radius 3 is 0.725 bits per heavy atom. The Morgan fingerprint density at radius 2 is 0.625 bits per heavy atom. The third kappa shape index (κ3) is 19.5. The van der Waals surface area contributed by atoms with Crippen LogP contribution in [0.2, 0.25) is 0 Å². The van der Waals surface area contributed by atoms with E-state index in [0.717, 1.165) is 25.7 Å². The molecule has 40 heavy (non-hydrogen) atoms. The molecule has 0 aromatic rings. The summed E-state index contributed by atoms with van der Waals surface area (Å²) < 4.78 is 0. The second-order valence-electron chi connectivity index (χ2n) is 10.2. The maximum absolute atomic E-state index is 3.31. The number of hydrogen-bond donors (Lipinski definition) is 0. The summed E-state index contributed by atoms with van der Waals surface area (Å²) >= 11 is 0. The monoisotopic (exact) mass is 734 g/mol. The molecule has 0 aliphatic heterocycles. The predicted molar refractivity (Wildman–Crippen MR) is 160 cm³/mol. The van der Waals surface area contributed by atoms with Gasteiger partial charge in [-0.15, -0.1) is 25.7 Å². The van der Waals surface area contributed by atoms with Crippen LogP contribution in [0.15, 0.2) is 70.9 Å². The van der Waals surface area contributed by atoms with Crippen molar-refractivity contribution in [2.45, 2.75) is 107 Å². The minimum Gasteiger partial charge on any atom is -1.00 e. The third-order valence-electron chi connectivity index (χ3n) is 7.46. The van der Waals surface area contributed by atoms with Crippen molar-refractivity contribution in [2.24, 2.45) is 23.7 Å². The van der Waals surface area contributed by atoms with E-state index in [9.17, 15) is 0 Å². The molecule has 4 unspecified atom stereocenters. The number of halogens is 2. The van der Waals surface area contributed by atoms with Gasteiger partial charge in [-0.25, -0.2) is 46.6 Å². The second kappa shape index (κ2) is 29.3. The number of hydrogen-bond acceptors (Lipinski definition) is 0. The Balaban J connectivity index is -0.000000209. The SMILES string of the molecule is CCC(C)C1=[C-]CC=C1.CCC(C)C1=[C-]CC=C1.CCC(C)C1=[C-]CC=C1.CCC(C)C1=[C-]CC=C1.[Cl-].[Cl-].[Zr+2].[Zr+2]. The first-order valence-corrected chi connectivity index (χ1v) is 14.5. The van der Waals surface area contributed by atoms with Crippen molar-refractivity contribution in [3.8, 4) is 0 Å². The molecule has 0 heterocycles. The zero-order chi connectivity index (χ0) is 26.8. The van der Waals surface area contributed by atoms with Crippen LogP contribution in [0, 0.1) is 48.0 Å². The van der Waals surface area contributed by atoms with Crippen molar-refractivity contribution in [2.75, 3.05) is 0 Å². The topological polar surface area (TPSA) is 0 Å². The van der Waals surface area contributed by atoms with Crippen LogP contribution < -0.4 is 24.8 Å². The van der Waals surface area contributed by atoms with Crippen molar-refractivity contribution in [3.05, 3.63) is 95.2 Å². The Hall–Kier alpha value is 0.266. The van der Waals surface area contributed by atoms with Crippen LogP contribution in [0.25, 0.3) is 0 Å². The zero-order valence-corrected chi connectivity index (χ0v) is 32.8. The smallest absolute Gasteiger partial charge is 1.00 e. The normalized spacial score (nSPS) is 18.0. The van der Waals surface area contributed by atoms with Gasteiger partial charge in [-0.05, 0) is 0 Å². The van der Waals surface area contributed by atoms with E-state index in [-0.39, 0.29) is 77.2 Å². The molecular weight excluding hydrogens is 686 g/mol. The Bertz CT molecular complexity index is 727. The standard InChI is InChI=1S/4C9H13.2ClH.2Zr/c4*1-3-8(2)9-6-4-5-7-9;;;;/h4*4,6,8H,3,5H2,1-2H3;2*1H;;/q4*-1;;;2*+2/p-2. The Labute approximate surface area is 300 Å². The van der Waals surface area contributed by atoms with Crippen LogP contribution in [0.3, 0.4) is 0 Å². The van der Waals surface area contributed by atoms with Gasteiger partial charge in [0, 0.05) is 0 Å². The van der Waals surface area contributed by atoms with Crippen LogP contribution in [-0.2, 0) is 52.4 Å². The van der Waals surface area contributed by atoms with E-state index in [2.05, 4.69) is 128 Å². The summed E-state index contributed by atoms with van der Waals surface area (Å²) in [4.78, 5) is 0. The van der Waals surface area contributed by atoms with Crippen molar-refractivity contribution in [3.63, 3.8) is 0 Å². The van der Waals surface area contributed by atoms with E-state index in [4.69, 9.17) is 0 Å². The van der Waals surface area contributed by atoms with Gasteiger partial charge in [-0.2, -0.15) is 24.3 Å². The first-order chi connectivity index (χ1) is 17.4. The van der Waals surface area contributed by atoms with Crippen LogP contribution in [0.4, 0.5) is 0 Å². The quantitative estimate of drug-likeness (QED) is 0.312. The molecule has 0 saturated heterocycles. The molecule has 0 fully saturated rings. The fourth-order valence-electron chi connectivity index (χ4n) is 3.92. The van der Waals surface area contributed by atoms with Crippen molar-refractivity contribution >= 4 is 0 Å². The fraction of sp³-hybridized carbons (Fsp3) is 0.556. The first-order valence-electron chi connectivity index (χ1n) is 14.5. The molecule has 0 bridgehead atoms. The van der Waals surface area contributed by atoms with Gasteiger partial charge < -0.3 is 24.8 Å². The molecule has 0 aromatic heterocycles. The molecule has 4 rings (SSSR count). The summed E-state index contributed by atoms with van der Waals surface area (Å²) in [6, 6.07) is 0. The Morgan fingerprint density at radius 1 is 0.450 bits per heavy atom. The van der Waals surface area contributed by atoms with Crippen LogP contribution in [-0.4, -0.2) is 0 Å². The molecule has 0 nitrogen and oxygen atoms in total. The van der Waals surface area contributed by atoms with Crippen LogP contribution >= 0.6 is 0 Å². The Kier molecular flexibility index (Phi) is 34.6. The van der Waals surface area contributed by atoms with Gasteiger partial charge in [0.25, 0.3) is 0 Å². The molecular formula is C36H52Cl2Zr2-2. The molecule has 0 saturated carbocycles. The summed E-state index contributed by atoms with van der Waals surface area (Å²) in [5.41, 5.74) is 5.60. The largest absolute Gasteiger partial charge is 2.00 e. The van der Waals surface area contributed by atoms with E-state index < -0.39 is 0 Å². The number of allylic oxidation sites excluding steroid dienone is 16. The van der Waals surface area contributed by atoms with Gasteiger partial charge in [0.2, 0.25) is 0 Å². The molecule has 4 aliphatic rings.